The third kappa shape index (κ3) is 5.17. The van der Waals surface area contributed by atoms with E-state index in [0.29, 0.717) is 38.3 Å². The summed E-state index contributed by atoms with van der Waals surface area (Å²) in [6.07, 6.45) is 0.167. The van der Waals surface area contributed by atoms with Gasteiger partial charge in [0.1, 0.15) is 5.75 Å². The van der Waals surface area contributed by atoms with Crippen LogP contribution < -0.4 is 4.74 Å². The molecule has 0 bridgehead atoms. The van der Waals surface area contributed by atoms with Gasteiger partial charge in [-0.25, -0.2) is 4.79 Å². The number of ether oxygens (including phenoxy) is 2. The van der Waals surface area contributed by atoms with Crippen molar-refractivity contribution >= 4 is 12.0 Å². The van der Waals surface area contributed by atoms with E-state index in [0.717, 1.165) is 32.8 Å². The zero-order valence-electron chi connectivity index (χ0n) is 14.4. The van der Waals surface area contributed by atoms with Crippen molar-refractivity contribution in [3.8, 4) is 5.75 Å². The van der Waals surface area contributed by atoms with Crippen LogP contribution in [0.1, 0.15) is 6.42 Å². The lowest BCUT2D eigenvalue weighted by Crippen LogP contribution is -2.51. The molecule has 2 heterocycles. The Morgan fingerprint density at radius 1 is 0.920 bits per heavy atom. The molecule has 2 aliphatic rings. The monoisotopic (exact) mass is 347 g/mol. The van der Waals surface area contributed by atoms with Crippen LogP contribution in [0, 0.1) is 0 Å². The van der Waals surface area contributed by atoms with E-state index in [-0.39, 0.29) is 12.0 Å². The molecule has 2 aliphatic heterocycles. The average Bonchev–Trinajstić information content (AvgIpc) is 2.68. The number of hydrogen-bond acceptors (Lipinski definition) is 5. The first-order valence-electron chi connectivity index (χ1n) is 8.82. The number of benzene rings is 1. The van der Waals surface area contributed by atoms with Crippen molar-refractivity contribution in [1.82, 2.24) is 14.7 Å². The number of morpholine rings is 1. The number of amides is 2. The van der Waals surface area contributed by atoms with Crippen molar-refractivity contribution in [3.05, 3.63) is 30.3 Å². The Bertz CT molecular complexity index is 567. The molecular formula is C18H25N3O4. The lowest BCUT2D eigenvalue weighted by molar-refractivity contribution is -0.133. The van der Waals surface area contributed by atoms with Crippen molar-refractivity contribution in [3.63, 3.8) is 0 Å². The third-order valence-corrected chi connectivity index (χ3v) is 4.58. The molecule has 25 heavy (non-hydrogen) atoms. The number of carbonyl (C=O) groups excluding carboxylic acids is 2. The highest BCUT2D eigenvalue weighted by molar-refractivity contribution is 5.77. The molecule has 0 radical (unpaired) electrons. The van der Waals surface area contributed by atoms with Gasteiger partial charge in [-0.05, 0) is 12.1 Å². The van der Waals surface area contributed by atoms with Crippen molar-refractivity contribution < 1.29 is 19.1 Å². The van der Waals surface area contributed by atoms with E-state index >= 15 is 0 Å². The Morgan fingerprint density at radius 2 is 1.56 bits per heavy atom. The molecule has 2 fully saturated rings. The average molecular weight is 347 g/mol. The van der Waals surface area contributed by atoms with Crippen LogP contribution in [0.5, 0.6) is 5.75 Å². The Kier molecular flexibility index (Phi) is 6.25. The molecule has 0 saturated carbocycles. The minimum absolute atomic E-state index is 0.155. The zero-order chi connectivity index (χ0) is 17.5. The van der Waals surface area contributed by atoms with Gasteiger partial charge in [0.05, 0.1) is 13.2 Å². The highest BCUT2D eigenvalue weighted by atomic mass is 16.6. The van der Waals surface area contributed by atoms with Crippen molar-refractivity contribution in [2.45, 2.75) is 6.42 Å². The van der Waals surface area contributed by atoms with Crippen LogP contribution in [0.3, 0.4) is 0 Å². The molecule has 0 N–H and O–H groups in total. The zero-order valence-corrected chi connectivity index (χ0v) is 14.4. The predicted octanol–water partition coefficient (Wildman–Crippen LogP) is 1.05. The fourth-order valence-electron chi connectivity index (χ4n) is 3.03. The van der Waals surface area contributed by atoms with E-state index in [1.165, 1.54) is 0 Å². The topological polar surface area (TPSA) is 62.3 Å². The molecule has 2 saturated heterocycles. The molecule has 0 atom stereocenters. The summed E-state index contributed by atoms with van der Waals surface area (Å²) in [4.78, 5) is 30.2. The van der Waals surface area contributed by atoms with E-state index in [1.807, 2.05) is 23.1 Å². The lowest BCUT2D eigenvalue weighted by atomic mass is 10.2. The molecule has 2 amide bonds. The molecule has 3 rings (SSSR count). The first-order valence-corrected chi connectivity index (χ1v) is 8.82. The quantitative estimate of drug-likeness (QED) is 0.815. The molecule has 0 aliphatic carbocycles. The van der Waals surface area contributed by atoms with Gasteiger partial charge in [-0.15, -0.1) is 0 Å². The molecule has 0 spiro atoms. The number of para-hydroxylation sites is 1. The van der Waals surface area contributed by atoms with Crippen LogP contribution in [0.25, 0.3) is 0 Å². The predicted molar refractivity (Wildman–Crippen MR) is 92.5 cm³/mol. The molecular weight excluding hydrogens is 322 g/mol. The van der Waals surface area contributed by atoms with E-state index in [4.69, 9.17) is 9.47 Å². The number of piperazine rings is 1. The lowest BCUT2D eigenvalue weighted by Gasteiger charge is -2.34. The second kappa shape index (κ2) is 8.82. The fourth-order valence-corrected chi connectivity index (χ4v) is 3.03. The smallest absolute Gasteiger partial charge is 0.410 e. The molecule has 0 unspecified atom stereocenters. The standard InChI is InChI=1S/C18H25N3O4/c22-17(6-7-19-12-14-24-15-13-19)20-8-10-21(11-9-20)18(23)25-16-4-2-1-3-5-16/h1-5H,6-15H2. The van der Waals surface area contributed by atoms with Gasteiger partial charge in [0.25, 0.3) is 0 Å². The number of nitrogens with zero attached hydrogens (tertiary/aromatic N) is 3. The Morgan fingerprint density at radius 3 is 2.24 bits per heavy atom. The van der Waals surface area contributed by atoms with E-state index in [2.05, 4.69) is 4.90 Å². The minimum Gasteiger partial charge on any atom is -0.410 e. The normalized spacial score (nSPS) is 18.9. The summed E-state index contributed by atoms with van der Waals surface area (Å²) in [6, 6.07) is 9.03. The van der Waals surface area contributed by atoms with Crippen molar-refractivity contribution in [2.75, 3.05) is 59.0 Å². The summed E-state index contributed by atoms with van der Waals surface area (Å²) in [5.74, 6) is 0.694. The summed E-state index contributed by atoms with van der Waals surface area (Å²) >= 11 is 0. The first-order chi connectivity index (χ1) is 12.2. The van der Waals surface area contributed by atoms with Crippen LogP contribution in [0.15, 0.2) is 30.3 Å². The maximum absolute atomic E-state index is 12.3. The summed E-state index contributed by atoms with van der Waals surface area (Å²) in [5, 5.41) is 0. The van der Waals surface area contributed by atoms with Gasteiger partial charge >= 0.3 is 6.09 Å². The van der Waals surface area contributed by atoms with E-state index in [9.17, 15) is 9.59 Å². The van der Waals surface area contributed by atoms with Gasteiger partial charge in [0, 0.05) is 52.2 Å². The Hall–Kier alpha value is -2.12. The fraction of sp³-hybridized carbons (Fsp3) is 0.556. The minimum atomic E-state index is -0.355. The Labute approximate surface area is 148 Å². The number of hydrogen-bond donors (Lipinski definition) is 0. The molecule has 136 valence electrons. The Balaban J connectivity index is 1.38. The van der Waals surface area contributed by atoms with Crippen molar-refractivity contribution in [2.24, 2.45) is 0 Å². The molecule has 1 aromatic rings. The van der Waals surface area contributed by atoms with Crippen LogP contribution in [0.2, 0.25) is 0 Å². The van der Waals surface area contributed by atoms with Gasteiger partial charge in [-0.3, -0.25) is 9.69 Å². The van der Waals surface area contributed by atoms with Gasteiger partial charge in [0.15, 0.2) is 0 Å². The largest absolute Gasteiger partial charge is 0.415 e. The highest BCUT2D eigenvalue weighted by Gasteiger charge is 2.25. The van der Waals surface area contributed by atoms with Crippen molar-refractivity contribution in [1.29, 1.82) is 0 Å². The second-order valence-electron chi connectivity index (χ2n) is 6.25. The van der Waals surface area contributed by atoms with E-state index in [1.54, 1.807) is 17.0 Å². The summed E-state index contributed by atoms with van der Waals surface area (Å²) in [6.45, 7) is 6.20. The maximum Gasteiger partial charge on any atom is 0.415 e. The molecule has 7 nitrogen and oxygen atoms in total. The first kappa shape index (κ1) is 17.7. The van der Waals surface area contributed by atoms with Gasteiger partial charge in [0.2, 0.25) is 5.91 Å². The number of carbonyl (C=O) groups is 2. The van der Waals surface area contributed by atoms with E-state index < -0.39 is 0 Å². The SMILES string of the molecule is O=C(CCN1CCOCC1)N1CCN(C(=O)Oc2ccccc2)CC1. The maximum atomic E-state index is 12.3. The van der Waals surface area contributed by atoms with Gasteiger partial charge in [-0.2, -0.15) is 0 Å². The molecule has 1 aromatic carbocycles. The van der Waals surface area contributed by atoms with Crippen LogP contribution in [-0.4, -0.2) is 85.7 Å². The summed E-state index contributed by atoms with van der Waals surface area (Å²) in [7, 11) is 0. The molecule has 0 aromatic heterocycles. The third-order valence-electron chi connectivity index (χ3n) is 4.58. The molecule has 7 heteroatoms. The van der Waals surface area contributed by atoms with Crippen LogP contribution >= 0.6 is 0 Å². The summed E-state index contributed by atoms with van der Waals surface area (Å²) in [5.41, 5.74) is 0. The highest BCUT2D eigenvalue weighted by Crippen LogP contribution is 2.12. The number of rotatable bonds is 4. The second-order valence-corrected chi connectivity index (χ2v) is 6.25. The van der Waals surface area contributed by atoms with Gasteiger partial charge < -0.3 is 19.3 Å². The van der Waals surface area contributed by atoms with Crippen LogP contribution in [0.4, 0.5) is 4.79 Å². The van der Waals surface area contributed by atoms with Crippen LogP contribution in [-0.2, 0) is 9.53 Å². The summed E-state index contributed by atoms with van der Waals surface area (Å²) < 4.78 is 10.7. The van der Waals surface area contributed by atoms with Gasteiger partial charge in [-0.1, -0.05) is 18.2 Å².